The van der Waals surface area contributed by atoms with Gasteiger partial charge in [0.15, 0.2) is 0 Å². The third-order valence-electron chi connectivity index (χ3n) is 12.1. The first kappa shape index (κ1) is 33.4. The Labute approximate surface area is 286 Å². The first-order valence-electron chi connectivity index (χ1n) is 18.1. The zero-order valence-electron chi connectivity index (χ0n) is 29.5. The summed E-state index contributed by atoms with van der Waals surface area (Å²) in [6.07, 6.45) is 9.26. The van der Waals surface area contributed by atoms with Crippen LogP contribution in [0.3, 0.4) is 0 Å². The number of amides is 1. The quantitative estimate of drug-likeness (QED) is 0.300. The number of piperazine rings is 1. The lowest BCUT2D eigenvalue weighted by molar-refractivity contribution is -0.142. The maximum absolute atomic E-state index is 12.4. The van der Waals surface area contributed by atoms with Crippen LogP contribution in [0.4, 0.5) is 4.79 Å². The summed E-state index contributed by atoms with van der Waals surface area (Å²) < 4.78 is 5.55. The predicted octanol–water partition coefficient (Wildman–Crippen LogP) is 3.58. The van der Waals surface area contributed by atoms with E-state index in [2.05, 4.69) is 24.6 Å². The number of carbonyl (C=O) groups is 1. The van der Waals surface area contributed by atoms with E-state index in [1.54, 1.807) is 31.3 Å². The standard InChI is InChI=1S/C37H56N8O3/c1-35(2,3)48-34(47)45-24-37(25-45)18-27(19-37)41-11-9-26(10-12-41)44-22-36(23-44)20-28(21-36)42-13-15-43(16-14-42)31(33(39)40-4)17-30(38)29-7-5-6-8-32(29)46/h5-8,17,26-28,38,46H,9-16,18-25H2,1-4H3,(H2,39,40)/b31-17+,38-30?. The number of amidine groups is 1. The predicted molar refractivity (Wildman–Crippen MR) is 189 cm³/mol. The third-order valence-corrected chi connectivity index (χ3v) is 12.1. The van der Waals surface area contributed by atoms with Crippen LogP contribution in [0.1, 0.15) is 64.9 Å². The van der Waals surface area contributed by atoms with Gasteiger partial charge in [0.25, 0.3) is 0 Å². The Bertz CT molecular complexity index is 1420. The first-order chi connectivity index (χ1) is 22.8. The highest BCUT2D eigenvalue weighted by Crippen LogP contribution is 2.53. The average molecular weight is 661 g/mol. The van der Waals surface area contributed by atoms with Gasteiger partial charge in [0.05, 0.1) is 11.4 Å². The van der Waals surface area contributed by atoms with Crippen LogP contribution in [0.15, 0.2) is 41.0 Å². The average Bonchev–Trinajstić information content (AvgIpc) is 2.97. The molecule has 48 heavy (non-hydrogen) atoms. The number of hydrogen-bond donors (Lipinski definition) is 3. The van der Waals surface area contributed by atoms with Gasteiger partial charge in [-0.25, -0.2) is 4.79 Å². The van der Waals surface area contributed by atoms with Crippen LogP contribution in [0.25, 0.3) is 0 Å². The fourth-order valence-corrected chi connectivity index (χ4v) is 9.51. The Morgan fingerprint density at radius 1 is 0.875 bits per heavy atom. The number of para-hydroxylation sites is 1. The number of phenolic OH excluding ortho intramolecular Hbond substituents is 1. The molecule has 2 spiro atoms. The third kappa shape index (κ3) is 6.57. The molecule has 0 aromatic heterocycles. The van der Waals surface area contributed by atoms with Gasteiger partial charge in [0.1, 0.15) is 17.2 Å². The fraction of sp³-hybridized carbons (Fsp3) is 0.703. The van der Waals surface area contributed by atoms with Crippen molar-refractivity contribution in [3.05, 3.63) is 41.6 Å². The summed E-state index contributed by atoms with van der Waals surface area (Å²) in [5, 5.41) is 18.8. The summed E-state index contributed by atoms with van der Waals surface area (Å²) in [5.41, 5.74) is 8.25. The highest BCUT2D eigenvalue weighted by Gasteiger charge is 2.57. The molecule has 11 heteroatoms. The van der Waals surface area contributed by atoms with Gasteiger partial charge in [-0.15, -0.1) is 0 Å². The van der Waals surface area contributed by atoms with Crippen molar-refractivity contribution in [3.8, 4) is 5.75 Å². The molecule has 1 aromatic rings. The second-order valence-corrected chi connectivity index (χ2v) is 16.7. The SMILES string of the molecule is CN=C(N)/C(=C\C(=N)c1ccccc1O)N1CCN(C2CC3(C2)CN(C2CCN(C4CC5(C4)CN(C(=O)OC(C)(C)C)C5)CC2)C3)CC1. The molecule has 4 aliphatic heterocycles. The van der Waals surface area contributed by atoms with Crippen LogP contribution >= 0.6 is 0 Å². The molecular formula is C37H56N8O3. The van der Waals surface area contributed by atoms with Crippen LogP contribution in [0.2, 0.25) is 0 Å². The molecule has 6 fully saturated rings. The van der Waals surface area contributed by atoms with Crippen molar-refractivity contribution in [2.45, 2.75) is 83.0 Å². The number of nitrogens with one attached hydrogen (secondary N) is 1. The van der Waals surface area contributed by atoms with Crippen LogP contribution in [-0.2, 0) is 4.74 Å². The number of allylic oxidation sites excluding steroid dienone is 1. The first-order valence-corrected chi connectivity index (χ1v) is 18.1. The smallest absolute Gasteiger partial charge is 0.410 e. The molecular weight excluding hydrogens is 604 g/mol. The van der Waals surface area contributed by atoms with Crippen molar-refractivity contribution in [3.63, 3.8) is 0 Å². The summed E-state index contributed by atoms with van der Waals surface area (Å²) in [6, 6.07) is 9.05. The van der Waals surface area contributed by atoms with E-state index in [9.17, 15) is 9.90 Å². The van der Waals surface area contributed by atoms with Gasteiger partial charge in [0, 0.05) is 88.5 Å². The highest BCUT2D eigenvalue weighted by molar-refractivity contribution is 6.12. The number of aliphatic imine (C=N–C) groups is 1. The molecule has 0 atom stereocenters. The topological polar surface area (TPSA) is 125 Å². The van der Waals surface area contributed by atoms with E-state index in [1.807, 2.05) is 31.7 Å². The summed E-state index contributed by atoms with van der Waals surface area (Å²) in [6.45, 7) is 16.2. The largest absolute Gasteiger partial charge is 0.507 e. The minimum Gasteiger partial charge on any atom is -0.507 e. The molecule has 2 saturated carbocycles. The molecule has 0 radical (unpaired) electrons. The van der Waals surface area contributed by atoms with E-state index in [0.29, 0.717) is 34.3 Å². The van der Waals surface area contributed by atoms with E-state index in [1.165, 1.54) is 64.7 Å². The number of nitrogens with two attached hydrogens (primary N) is 1. The van der Waals surface area contributed by atoms with Gasteiger partial charge in [-0.1, -0.05) is 12.1 Å². The number of nitrogens with zero attached hydrogens (tertiary/aromatic N) is 6. The van der Waals surface area contributed by atoms with Crippen LogP contribution < -0.4 is 5.73 Å². The minimum atomic E-state index is -0.425. The molecule has 262 valence electrons. The van der Waals surface area contributed by atoms with Crippen molar-refractivity contribution in [2.75, 3.05) is 72.5 Å². The van der Waals surface area contributed by atoms with Gasteiger partial charge >= 0.3 is 6.09 Å². The summed E-state index contributed by atoms with van der Waals surface area (Å²) in [4.78, 5) is 28.9. The van der Waals surface area contributed by atoms with E-state index < -0.39 is 5.60 Å². The number of ether oxygens (including phenoxy) is 1. The van der Waals surface area contributed by atoms with E-state index in [0.717, 1.165) is 51.0 Å². The summed E-state index contributed by atoms with van der Waals surface area (Å²) in [5.74, 6) is 0.521. The lowest BCUT2D eigenvalue weighted by Gasteiger charge is -2.64. The van der Waals surface area contributed by atoms with E-state index >= 15 is 0 Å². The molecule has 4 N–H and O–H groups in total. The Hall–Kier alpha value is -3.15. The zero-order valence-corrected chi connectivity index (χ0v) is 29.5. The molecule has 4 saturated heterocycles. The number of likely N-dealkylation sites (tertiary alicyclic amines) is 3. The number of benzene rings is 1. The maximum Gasteiger partial charge on any atom is 0.410 e. The molecule has 1 aromatic carbocycles. The molecule has 0 bridgehead atoms. The van der Waals surface area contributed by atoms with Crippen molar-refractivity contribution in [1.29, 1.82) is 5.41 Å². The number of hydrogen-bond acceptors (Lipinski definition) is 9. The van der Waals surface area contributed by atoms with Gasteiger partial charge in [-0.05, 0) is 96.0 Å². The van der Waals surface area contributed by atoms with E-state index in [-0.39, 0.29) is 17.6 Å². The van der Waals surface area contributed by atoms with Crippen LogP contribution in [0.5, 0.6) is 5.75 Å². The van der Waals surface area contributed by atoms with Gasteiger partial charge in [-0.3, -0.25) is 14.8 Å². The Kier molecular flexibility index (Phi) is 8.77. The summed E-state index contributed by atoms with van der Waals surface area (Å²) in [7, 11) is 1.68. The molecule has 1 amide bonds. The molecule has 7 rings (SSSR count). The van der Waals surface area contributed by atoms with Crippen LogP contribution in [0, 0.1) is 16.2 Å². The van der Waals surface area contributed by atoms with Crippen molar-refractivity contribution < 1.29 is 14.6 Å². The number of carbonyl (C=O) groups excluding carboxylic acids is 1. The number of phenols is 1. The minimum absolute atomic E-state index is 0.0972. The zero-order chi connectivity index (χ0) is 33.8. The monoisotopic (exact) mass is 660 g/mol. The van der Waals surface area contributed by atoms with Crippen LogP contribution in [-0.4, -0.2) is 143 Å². The highest BCUT2D eigenvalue weighted by atomic mass is 16.6. The summed E-state index contributed by atoms with van der Waals surface area (Å²) >= 11 is 0. The number of rotatable bonds is 7. The second kappa shape index (κ2) is 12.6. The van der Waals surface area contributed by atoms with Gasteiger partial charge in [0.2, 0.25) is 0 Å². The Balaban J connectivity index is 0.807. The fourth-order valence-electron chi connectivity index (χ4n) is 9.51. The Morgan fingerprint density at radius 2 is 1.44 bits per heavy atom. The maximum atomic E-state index is 12.4. The molecule has 11 nitrogen and oxygen atoms in total. The van der Waals surface area contributed by atoms with Gasteiger partial charge in [-0.2, -0.15) is 0 Å². The van der Waals surface area contributed by atoms with Crippen molar-refractivity contribution in [2.24, 2.45) is 21.6 Å². The Morgan fingerprint density at radius 3 is 2.00 bits per heavy atom. The van der Waals surface area contributed by atoms with E-state index in [4.69, 9.17) is 15.9 Å². The van der Waals surface area contributed by atoms with Crippen molar-refractivity contribution >= 4 is 17.6 Å². The normalized spacial score (nSPS) is 27.3. The van der Waals surface area contributed by atoms with Gasteiger partial charge < -0.3 is 35.7 Å². The second-order valence-electron chi connectivity index (χ2n) is 16.7. The molecule has 6 aliphatic rings. The lowest BCUT2D eigenvalue weighted by Crippen LogP contribution is -2.70. The lowest BCUT2D eigenvalue weighted by atomic mass is 9.59. The molecule has 2 aliphatic carbocycles. The number of piperidine rings is 1. The number of aromatic hydroxyl groups is 1. The molecule has 4 heterocycles. The molecule has 0 unspecified atom stereocenters. The van der Waals surface area contributed by atoms with Crippen molar-refractivity contribution in [1.82, 2.24) is 24.5 Å².